The summed E-state index contributed by atoms with van der Waals surface area (Å²) in [5, 5.41) is 0. The van der Waals surface area contributed by atoms with Gasteiger partial charge in [0.1, 0.15) is 11.9 Å². The molecule has 1 fully saturated rings. The number of nitrogens with two attached hydrogens (primary N) is 1. The number of anilines is 1. The van der Waals surface area contributed by atoms with Crippen LogP contribution in [0.15, 0.2) is 6.07 Å². The third kappa shape index (κ3) is 3.42. The lowest BCUT2D eigenvalue weighted by atomic mass is 10.1. The van der Waals surface area contributed by atoms with Crippen LogP contribution in [0.3, 0.4) is 0 Å². The molecule has 0 saturated carbocycles. The number of nitrogen functional groups attached to an aromatic ring is 1. The standard InChI is InChI=1S/C14H24N4O/c1-9(2)11-7-13(15)17-14(16-11)12-8-18(10(3)4)5-6-19-12/h7,9-10,12H,5-6,8H2,1-4H3,(H2,15,16,17). The predicted octanol–water partition coefficient (Wildman–Crippen LogP) is 1.96. The van der Waals surface area contributed by atoms with Gasteiger partial charge in [-0.25, -0.2) is 9.97 Å². The summed E-state index contributed by atoms with van der Waals surface area (Å²) in [6, 6.07) is 2.36. The predicted molar refractivity (Wildman–Crippen MR) is 75.9 cm³/mol. The van der Waals surface area contributed by atoms with Crippen molar-refractivity contribution >= 4 is 5.82 Å². The third-order valence-corrected chi connectivity index (χ3v) is 3.49. The van der Waals surface area contributed by atoms with Gasteiger partial charge in [0.05, 0.1) is 6.61 Å². The molecule has 0 aliphatic carbocycles. The Labute approximate surface area is 115 Å². The topological polar surface area (TPSA) is 64.3 Å². The largest absolute Gasteiger partial charge is 0.384 e. The Morgan fingerprint density at radius 1 is 1.32 bits per heavy atom. The Balaban J connectivity index is 2.21. The van der Waals surface area contributed by atoms with E-state index in [1.54, 1.807) is 0 Å². The second-order valence-corrected chi connectivity index (χ2v) is 5.68. The lowest BCUT2D eigenvalue weighted by Crippen LogP contribution is -2.42. The number of hydrogen-bond donors (Lipinski definition) is 1. The van der Waals surface area contributed by atoms with E-state index in [1.807, 2.05) is 6.07 Å². The molecule has 1 aliphatic rings. The van der Waals surface area contributed by atoms with Crippen molar-refractivity contribution in [3.63, 3.8) is 0 Å². The van der Waals surface area contributed by atoms with Crippen LogP contribution in [0, 0.1) is 0 Å². The number of aromatic nitrogens is 2. The highest BCUT2D eigenvalue weighted by molar-refractivity contribution is 5.31. The lowest BCUT2D eigenvalue weighted by molar-refractivity contribution is -0.0443. The van der Waals surface area contributed by atoms with E-state index < -0.39 is 0 Å². The third-order valence-electron chi connectivity index (χ3n) is 3.49. The van der Waals surface area contributed by atoms with Crippen LogP contribution in [0.2, 0.25) is 0 Å². The van der Waals surface area contributed by atoms with E-state index in [0.717, 1.165) is 25.4 Å². The molecule has 1 aliphatic heterocycles. The number of nitrogens with zero attached hydrogens (tertiary/aromatic N) is 3. The Morgan fingerprint density at radius 3 is 2.68 bits per heavy atom. The molecule has 106 valence electrons. The molecule has 0 amide bonds. The highest BCUT2D eigenvalue weighted by atomic mass is 16.5. The van der Waals surface area contributed by atoms with Gasteiger partial charge < -0.3 is 10.5 Å². The minimum atomic E-state index is -0.0721. The molecule has 5 heteroatoms. The van der Waals surface area contributed by atoms with E-state index in [4.69, 9.17) is 10.5 Å². The zero-order valence-corrected chi connectivity index (χ0v) is 12.3. The van der Waals surface area contributed by atoms with Gasteiger partial charge >= 0.3 is 0 Å². The van der Waals surface area contributed by atoms with E-state index in [9.17, 15) is 0 Å². The van der Waals surface area contributed by atoms with Crippen molar-refractivity contribution in [1.82, 2.24) is 14.9 Å². The SMILES string of the molecule is CC(C)c1cc(N)nc(C2CN(C(C)C)CCO2)n1. The zero-order chi connectivity index (χ0) is 14.0. The van der Waals surface area contributed by atoms with Crippen molar-refractivity contribution in [3.8, 4) is 0 Å². The van der Waals surface area contributed by atoms with Crippen molar-refractivity contribution in [1.29, 1.82) is 0 Å². The van der Waals surface area contributed by atoms with E-state index in [0.29, 0.717) is 23.6 Å². The summed E-state index contributed by atoms with van der Waals surface area (Å²) < 4.78 is 5.81. The molecule has 1 unspecified atom stereocenters. The molecule has 2 N–H and O–H groups in total. The normalized spacial score (nSPS) is 21.3. The van der Waals surface area contributed by atoms with Gasteiger partial charge in [0, 0.05) is 30.9 Å². The molecule has 0 spiro atoms. The first kappa shape index (κ1) is 14.2. The summed E-state index contributed by atoms with van der Waals surface area (Å²) in [4.78, 5) is 11.3. The first-order chi connectivity index (χ1) is 8.97. The monoisotopic (exact) mass is 264 g/mol. The Bertz CT molecular complexity index is 433. The van der Waals surface area contributed by atoms with Gasteiger partial charge in [0.2, 0.25) is 0 Å². The van der Waals surface area contributed by atoms with Crippen molar-refractivity contribution in [2.45, 2.75) is 45.8 Å². The van der Waals surface area contributed by atoms with Crippen LogP contribution in [0.5, 0.6) is 0 Å². The number of morpholine rings is 1. The first-order valence-electron chi connectivity index (χ1n) is 6.97. The fourth-order valence-corrected chi connectivity index (χ4v) is 2.24. The van der Waals surface area contributed by atoms with Crippen LogP contribution in [0.25, 0.3) is 0 Å². The maximum Gasteiger partial charge on any atom is 0.161 e. The van der Waals surface area contributed by atoms with Gasteiger partial charge in [-0.15, -0.1) is 0 Å². The van der Waals surface area contributed by atoms with Crippen LogP contribution < -0.4 is 5.73 Å². The number of rotatable bonds is 3. The summed E-state index contributed by atoms with van der Waals surface area (Å²) in [7, 11) is 0. The molecule has 5 nitrogen and oxygen atoms in total. The van der Waals surface area contributed by atoms with Crippen LogP contribution in [-0.2, 0) is 4.74 Å². The zero-order valence-electron chi connectivity index (χ0n) is 12.3. The molecular formula is C14H24N4O. The van der Waals surface area contributed by atoms with Gasteiger partial charge in [0.15, 0.2) is 5.82 Å². The van der Waals surface area contributed by atoms with Gasteiger partial charge in [-0.05, 0) is 19.8 Å². The van der Waals surface area contributed by atoms with Gasteiger partial charge in [-0.2, -0.15) is 0 Å². The first-order valence-corrected chi connectivity index (χ1v) is 6.97. The van der Waals surface area contributed by atoms with E-state index in [1.165, 1.54) is 0 Å². The second kappa shape index (κ2) is 5.84. The van der Waals surface area contributed by atoms with Gasteiger partial charge in [-0.1, -0.05) is 13.8 Å². The van der Waals surface area contributed by atoms with Crippen LogP contribution in [0.4, 0.5) is 5.82 Å². The highest BCUT2D eigenvalue weighted by Crippen LogP contribution is 2.23. The van der Waals surface area contributed by atoms with Gasteiger partial charge in [0.25, 0.3) is 0 Å². The average molecular weight is 264 g/mol. The quantitative estimate of drug-likeness (QED) is 0.904. The minimum Gasteiger partial charge on any atom is -0.384 e. The molecule has 0 aromatic carbocycles. The second-order valence-electron chi connectivity index (χ2n) is 5.68. The Kier molecular flexibility index (Phi) is 4.37. The maximum absolute atomic E-state index is 5.88. The lowest BCUT2D eigenvalue weighted by Gasteiger charge is -2.34. The number of ether oxygens (including phenoxy) is 1. The van der Waals surface area contributed by atoms with Crippen molar-refractivity contribution in [2.75, 3.05) is 25.4 Å². The van der Waals surface area contributed by atoms with Crippen LogP contribution in [-0.4, -0.2) is 40.6 Å². The molecule has 1 saturated heterocycles. The molecule has 2 rings (SSSR count). The summed E-state index contributed by atoms with van der Waals surface area (Å²) in [5.74, 6) is 1.59. The molecule has 19 heavy (non-hydrogen) atoms. The molecule has 2 heterocycles. The van der Waals surface area contributed by atoms with E-state index in [-0.39, 0.29) is 6.10 Å². The Hall–Kier alpha value is -1.20. The van der Waals surface area contributed by atoms with Crippen LogP contribution >= 0.6 is 0 Å². The molecule has 0 bridgehead atoms. The fraction of sp³-hybridized carbons (Fsp3) is 0.714. The highest BCUT2D eigenvalue weighted by Gasteiger charge is 2.26. The van der Waals surface area contributed by atoms with E-state index >= 15 is 0 Å². The summed E-state index contributed by atoms with van der Waals surface area (Å²) in [5.41, 5.74) is 6.86. The molecule has 1 atom stereocenters. The summed E-state index contributed by atoms with van der Waals surface area (Å²) in [6.45, 7) is 11.1. The maximum atomic E-state index is 5.88. The molecular weight excluding hydrogens is 240 g/mol. The van der Waals surface area contributed by atoms with Crippen LogP contribution in [0.1, 0.15) is 51.2 Å². The van der Waals surface area contributed by atoms with Crippen molar-refractivity contribution < 1.29 is 4.74 Å². The number of hydrogen-bond acceptors (Lipinski definition) is 5. The van der Waals surface area contributed by atoms with Gasteiger partial charge in [-0.3, -0.25) is 4.90 Å². The fourth-order valence-electron chi connectivity index (χ4n) is 2.24. The minimum absolute atomic E-state index is 0.0721. The molecule has 0 radical (unpaired) electrons. The van der Waals surface area contributed by atoms with E-state index in [2.05, 4.69) is 42.6 Å². The summed E-state index contributed by atoms with van der Waals surface area (Å²) in [6.07, 6.45) is -0.0721. The molecule has 1 aromatic heterocycles. The van der Waals surface area contributed by atoms with Crippen molar-refractivity contribution in [3.05, 3.63) is 17.6 Å². The molecule has 1 aromatic rings. The Morgan fingerprint density at radius 2 is 2.05 bits per heavy atom. The average Bonchev–Trinajstić information content (AvgIpc) is 2.38. The summed E-state index contributed by atoms with van der Waals surface area (Å²) >= 11 is 0. The van der Waals surface area contributed by atoms with Crippen molar-refractivity contribution in [2.24, 2.45) is 0 Å². The smallest absolute Gasteiger partial charge is 0.161 e.